The van der Waals surface area contributed by atoms with Crippen molar-refractivity contribution in [2.45, 2.75) is 37.9 Å². The van der Waals surface area contributed by atoms with E-state index in [0.717, 1.165) is 5.56 Å². The molecule has 2 aromatic rings. The number of fused-ring (bicyclic) bond motifs is 1. The third-order valence-electron chi connectivity index (χ3n) is 5.44. The molecule has 0 aromatic carbocycles. The van der Waals surface area contributed by atoms with Crippen molar-refractivity contribution >= 4 is 23.2 Å². The van der Waals surface area contributed by atoms with Crippen LogP contribution in [0.4, 0.5) is 4.79 Å². The van der Waals surface area contributed by atoms with Crippen LogP contribution >= 0.6 is 0 Å². The number of cyclic esters (lactones) is 2. The molecular weight excluding hydrogens is 352 g/mol. The van der Waals surface area contributed by atoms with Gasteiger partial charge in [-0.25, -0.2) is 9.78 Å². The van der Waals surface area contributed by atoms with E-state index in [9.17, 15) is 14.7 Å². The SMILES string of the molecule is COc1ccc2nccc([C@H]3OC(=O)O[C@@H]3[C@H]3CC[C@H](C(=O)O)CC3)c2n1. The van der Waals surface area contributed by atoms with Crippen molar-refractivity contribution in [1.82, 2.24) is 9.97 Å². The Balaban J connectivity index is 1.65. The lowest BCUT2D eigenvalue weighted by Gasteiger charge is -2.30. The second-order valence-electron chi connectivity index (χ2n) is 6.94. The molecule has 142 valence electrons. The zero-order valence-corrected chi connectivity index (χ0v) is 14.8. The van der Waals surface area contributed by atoms with E-state index in [2.05, 4.69) is 9.97 Å². The van der Waals surface area contributed by atoms with E-state index in [-0.39, 0.29) is 11.8 Å². The van der Waals surface area contributed by atoms with Gasteiger partial charge in [0, 0.05) is 23.7 Å². The number of ether oxygens (including phenoxy) is 3. The molecule has 1 aliphatic heterocycles. The first kappa shape index (κ1) is 17.5. The highest BCUT2D eigenvalue weighted by Crippen LogP contribution is 2.42. The van der Waals surface area contributed by atoms with Crippen molar-refractivity contribution in [3.63, 3.8) is 0 Å². The van der Waals surface area contributed by atoms with E-state index in [1.54, 1.807) is 24.4 Å². The number of nitrogens with zero attached hydrogens (tertiary/aromatic N) is 2. The second kappa shape index (κ2) is 7.02. The molecule has 0 spiro atoms. The minimum Gasteiger partial charge on any atom is -0.481 e. The molecular formula is C19H20N2O6. The average molecular weight is 372 g/mol. The Labute approximate surface area is 155 Å². The first-order chi connectivity index (χ1) is 13.1. The van der Waals surface area contributed by atoms with E-state index in [1.165, 1.54) is 7.11 Å². The lowest BCUT2D eigenvalue weighted by Crippen LogP contribution is -2.31. The Morgan fingerprint density at radius 3 is 2.67 bits per heavy atom. The normalized spacial score (nSPS) is 27.8. The Kier molecular flexibility index (Phi) is 4.55. The highest BCUT2D eigenvalue weighted by atomic mass is 16.8. The van der Waals surface area contributed by atoms with Crippen LogP contribution in [0, 0.1) is 11.8 Å². The molecule has 2 fully saturated rings. The highest BCUT2D eigenvalue weighted by Gasteiger charge is 2.45. The molecule has 8 heteroatoms. The summed E-state index contributed by atoms with van der Waals surface area (Å²) in [6, 6.07) is 5.30. The van der Waals surface area contributed by atoms with Gasteiger partial charge >= 0.3 is 12.1 Å². The van der Waals surface area contributed by atoms with Crippen LogP contribution in [0.15, 0.2) is 24.4 Å². The van der Waals surface area contributed by atoms with E-state index in [4.69, 9.17) is 14.2 Å². The summed E-state index contributed by atoms with van der Waals surface area (Å²) in [5.74, 6) is -0.599. The fourth-order valence-electron chi connectivity index (χ4n) is 4.02. The molecule has 1 saturated carbocycles. The molecule has 27 heavy (non-hydrogen) atoms. The van der Waals surface area contributed by atoms with Gasteiger partial charge in [-0.15, -0.1) is 0 Å². The molecule has 4 rings (SSSR count). The van der Waals surface area contributed by atoms with Crippen molar-refractivity contribution in [3.8, 4) is 5.88 Å². The zero-order chi connectivity index (χ0) is 19.0. The monoisotopic (exact) mass is 372 g/mol. The maximum atomic E-state index is 11.9. The molecule has 3 heterocycles. The van der Waals surface area contributed by atoms with Crippen molar-refractivity contribution in [2.24, 2.45) is 11.8 Å². The van der Waals surface area contributed by atoms with Crippen LogP contribution in [-0.2, 0) is 14.3 Å². The maximum Gasteiger partial charge on any atom is 0.509 e. The lowest BCUT2D eigenvalue weighted by atomic mass is 9.77. The summed E-state index contributed by atoms with van der Waals surface area (Å²) in [4.78, 5) is 31.9. The van der Waals surface area contributed by atoms with Gasteiger partial charge in [0.1, 0.15) is 6.10 Å². The van der Waals surface area contributed by atoms with Gasteiger partial charge in [-0.2, -0.15) is 0 Å². The lowest BCUT2D eigenvalue weighted by molar-refractivity contribution is -0.143. The first-order valence-electron chi connectivity index (χ1n) is 8.96. The third kappa shape index (κ3) is 3.27. The summed E-state index contributed by atoms with van der Waals surface area (Å²) >= 11 is 0. The molecule has 1 aliphatic carbocycles. The summed E-state index contributed by atoms with van der Waals surface area (Å²) in [6.45, 7) is 0. The van der Waals surface area contributed by atoms with E-state index in [0.29, 0.717) is 42.6 Å². The van der Waals surface area contributed by atoms with Crippen LogP contribution in [0.25, 0.3) is 11.0 Å². The number of hydrogen-bond donors (Lipinski definition) is 1. The number of aromatic nitrogens is 2. The summed E-state index contributed by atoms with van der Waals surface area (Å²) in [6.07, 6.45) is 2.37. The Bertz CT molecular complexity index is 878. The fraction of sp³-hybridized carbons (Fsp3) is 0.474. The van der Waals surface area contributed by atoms with Gasteiger partial charge in [0.25, 0.3) is 0 Å². The molecule has 2 aliphatic rings. The Morgan fingerprint density at radius 1 is 1.19 bits per heavy atom. The van der Waals surface area contributed by atoms with Gasteiger partial charge in [0.15, 0.2) is 6.10 Å². The van der Waals surface area contributed by atoms with Gasteiger partial charge in [0.05, 0.1) is 24.1 Å². The Morgan fingerprint density at radius 2 is 1.96 bits per heavy atom. The van der Waals surface area contributed by atoms with E-state index < -0.39 is 24.3 Å². The average Bonchev–Trinajstić information content (AvgIpc) is 3.08. The minimum absolute atomic E-state index is 0.0471. The number of carbonyl (C=O) groups excluding carboxylic acids is 1. The van der Waals surface area contributed by atoms with Gasteiger partial charge in [-0.05, 0) is 37.8 Å². The van der Waals surface area contributed by atoms with Crippen molar-refractivity contribution < 1.29 is 28.9 Å². The molecule has 0 bridgehead atoms. The summed E-state index contributed by atoms with van der Waals surface area (Å²) in [7, 11) is 1.53. The Hall–Kier alpha value is -2.90. The van der Waals surface area contributed by atoms with Crippen LogP contribution in [-0.4, -0.2) is 40.4 Å². The van der Waals surface area contributed by atoms with E-state index in [1.807, 2.05) is 0 Å². The van der Waals surface area contributed by atoms with Gasteiger partial charge in [-0.1, -0.05) is 0 Å². The molecule has 1 saturated heterocycles. The van der Waals surface area contributed by atoms with Crippen LogP contribution in [0.5, 0.6) is 5.88 Å². The molecule has 0 amide bonds. The minimum atomic E-state index is -0.763. The number of pyridine rings is 2. The summed E-state index contributed by atoms with van der Waals surface area (Å²) in [5.41, 5.74) is 1.99. The molecule has 2 atom stereocenters. The number of methoxy groups -OCH3 is 1. The maximum absolute atomic E-state index is 11.9. The summed E-state index contributed by atoms with van der Waals surface area (Å²) < 4.78 is 16.2. The fourth-order valence-corrected chi connectivity index (χ4v) is 4.02. The smallest absolute Gasteiger partial charge is 0.481 e. The molecule has 0 radical (unpaired) electrons. The number of carbonyl (C=O) groups is 2. The van der Waals surface area contributed by atoms with Gasteiger partial charge < -0.3 is 19.3 Å². The number of hydrogen-bond acceptors (Lipinski definition) is 7. The van der Waals surface area contributed by atoms with Gasteiger partial charge in [-0.3, -0.25) is 9.78 Å². The first-order valence-corrected chi connectivity index (χ1v) is 8.96. The quantitative estimate of drug-likeness (QED) is 0.816. The number of rotatable bonds is 4. The predicted octanol–water partition coefficient (Wildman–Crippen LogP) is 3.11. The molecule has 0 unspecified atom stereocenters. The van der Waals surface area contributed by atoms with Crippen LogP contribution in [0.1, 0.15) is 37.4 Å². The summed E-state index contributed by atoms with van der Waals surface area (Å²) in [5, 5.41) is 9.19. The number of carboxylic acid groups (broad SMARTS) is 1. The highest BCUT2D eigenvalue weighted by molar-refractivity contribution is 5.79. The topological polar surface area (TPSA) is 108 Å². The molecule has 8 nitrogen and oxygen atoms in total. The van der Waals surface area contributed by atoms with Crippen LogP contribution in [0.3, 0.4) is 0 Å². The largest absolute Gasteiger partial charge is 0.509 e. The van der Waals surface area contributed by atoms with Crippen LogP contribution in [0.2, 0.25) is 0 Å². The van der Waals surface area contributed by atoms with Crippen molar-refractivity contribution in [3.05, 3.63) is 30.0 Å². The second-order valence-corrected chi connectivity index (χ2v) is 6.94. The van der Waals surface area contributed by atoms with Crippen molar-refractivity contribution in [2.75, 3.05) is 7.11 Å². The molecule has 2 aromatic heterocycles. The van der Waals surface area contributed by atoms with Crippen LogP contribution < -0.4 is 4.74 Å². The number of carboxylic acids is 1. The predicted molar refractivity (Wildman–Crippen MR) is 93.3 cm³/mol. The number of aliphatic carboxylic acids is 1. The van der Waals surface area contributed by atoms with E-state index >= 15 is 0 Å². The van der Waals surface area contributed by atoms with Gasteiger partial charge in [0.2, 0.25) is 5.88 Å². The third-order valence-corrected chi connectivity index (χ3v) is 5.44. The zero-order valence-electron chi connectivity index (χ0n) is 14.8. The standard InChI is InChI=1S/C19H20N2O6/c1-25-14-7-6-13-15(21-14)12(8-9-20-13)17-16(26-19(24)27-17)10-2-4-11(5-3-10)18(22)23/h6-11,16-17H,2-5H2,1H3,(H,22,23)/t10-,11-,16-,17-/m1/s1. The molecule has 1 N–H and O–H groups in total. The van der Waals surface area contributed by atoms with Crippen molar-refractivity contribution in [1.29, 1.82) is 0 Å².